The molecule has 0 bridgehead atoms. The highest BCUT2D eigenvalue weighted by atomic mass is 32.2. The van der Waals surface area contributed by atoms with Gasteiger partial charge in [0, 0.05) is 18.3 Å². The second-order valence-corrected chi connectivity index (χ2v) is 7.62. The van der Waals surface area contributed by atoms with Crippen molar-refractivity contribution >= 4 is 35.2 Å². The van der Waals surface area contributed by atoms with Crippen LogP contribution in [0.2, 0.25) is 0 Å². The molecular weight excluding hydrogens is 418 g/mol. The molecule has 0 aliphatic carbocycles. The fraction of sp³-hybridized carbons (Fsp3) is 0.190. The number of thioether (sulfide) groups is 1. The molecule has 1 atom stereocenters. The summed E-state index contributed by atoms with van der Waals surface area (Å²) in [5.74, 6) is -0.837. The highest BCUT2D eigenvalue weighted by Crippen LogP contribution is 2.20. The summed E-state index contributed by atoms with van der Waals surface area (Å²) in [6.07, 6.45) is 0. The molecule has 0 aliphatic rings. The number of aromatic carboxylic acids is 1. The van der Waals surface area contributed by atoms with E-state index in [2.05, 4.69) is 20.8 Å². The predicted molar refractivity (Wildman–Crippen MR) is 116 cm³/mol. The molecule has 2 aromatic carbocycles. The van der Waals surface area contributed by atoms with Crippen molar-refractivity contribution in [2.24, 2.45) is 7.05 Å². The van der Waals surface area contributed by atoms with Crippen molar-refractivity contribution < 1.29 is 19.5 Å². The summed E-state index contributed by atoms with van der Waals surface area (Å²) >= 11 is 1.21. The van der Waals surface area contributed by atoms with Crippen LogP contribution in [0.1, 0.15) is 39.5 Å². The lowest BCUT2D eigenvalue weighted by atomic mass is 10.2. The van der Waals surface area contributed by atoms with Crippen molar-refractivity contribution in [2.75, 3.05) is 11.1 Å². The number of nitrogens with zero attached hydrogens (tertiary/aromatic N) is 3. The van der Waals surface area contributed by atoms with E-state index in [0.29, 0.717) is 22.2 Å². The Bertz CT molecular complexity index is 1080. The Morgan fingerprint density at radius 1 is 1.03 bits per heavy atom. The van der Waals surface area contributed by atoms with E-state index in [1.165, 1.54) is 36.0 Å². The molecule has 0 saturated heterocycles. The Balaban J connectivity index is 1.55. The summed E-state index contributed by atoms with van der Waals surface area (Å²) in [6.45, 7) is 1.81. The average Bonchev–Trinajstić information content (AvgIpc) is 3.13. The summed E-state index contributed by atoms with van der Waals surface area (Å²) in [6, 6.07) is 14.4. The molecule has 1 heterocycles. The van der Waals surface area contributed by atoms with Crippen molar-refractivity contribution in [3.8, 4) is 0 Å². The molecule has 0 spiro atoms. The van der Waals surface area contributed by atoms with Gasteiger partial charge in [0.1, 0.15) is 0 Å². The first kappa shape index (κ1) is 22.0. The second-order valence-electron chi connectivity index (χ2n) is 6.68. The summed E-state index contributed by atoms with van der Waals surface area (Å²) < 4.78 is 1.73. The van der Waals surface area contributed by atoms with Crippen molar-refractivity contribution in [3.05, 3.63) is 71.5 Å². The number of nitrogens with one attached hydrogen (secondary N) is 2. The summed E-state index contributed by atoms with van der Waals surface area (Å²) in [4.78, 5) is 35.4. The number of hydrogen-bond acceptors (Lipinski definition) is 6. The monoisotopic (exact) mass is 439 g/mol. The van der Waals surface area contributed by atoms with Gasteiger partial charge in [-0.15, -0.1) is 10.2 Å². The summed E-state index contributed by atoms with van der Waals surface area (Å²) in [7, 11) is 1.77. The lowest BCUT2D eigenvalue weighted by molar-refractivity contribution is -0.113. The van der Waals surface area contributed by atoms with Gasteiger partial charge in [0.25, 0.3) is 5.91 Å². The van der Waals surface area contributed by atoms with Crippen LogP contribution in [-0.2, 0) is 11.8 Å². The van der Waals surface area contributed by atoms with Crippen LogP contribution in [0.3, 0.4) is 0 Å². The van der Waals surface area contributed by atoms with Gasteiger partial charge in [-0.1, -0.05) is 30.0 Å². The molecule has 0 unspecified atom stereocenters. The third-order valence-electron chi connectivity index (χ3n) is 4.39. The maximum absolute atomic E-state index is 12.3. The molecular formula is C21H21N5O4S. The SMILES string of the molecule is C[C@H](NC(=O)c1ccccc1)c1nnc(SCC(=O)Nc2ccc(C(=O)O)cc2)n1C. The van der Waals surface area contributed by atoms with Crippen molar-refractivity contribution in [1.82, 2.24) is 20.1 Å². The first-order chi connectivity index (χ1) is 14.8. The van der Waals surface area contributed by atoms with Crippen LogP contribution in [-0.4, -0.2) is 43.4 Å². The number of carbonyl (C=O) groups is 3. The van der Waals surface area contributed by atoms with Gasteiger partial charge in [-0.05, 0) is 43.3 Å². The molecule has 0 radical (unpaired) electrons. The Hall–Kier alpha value is -3.66. The van der Waals surface area contributed by atoms with E-state index >= 15 is 0 Å². The Morgan fingerprint density at radius 2 is 1.71 bits per heavy atom. The van der Waals surface area contributed by atoms with Gasteiger partial charge in [0.05, 0.1) is 17.4 Å². The zero-order chi connectivity index (χ0) is 22.4. The number of benzene rings is 2. The van der Waals surface area contributed by atoms with Crippen LogP contribution in [0.5, 0.6) is 0 Å². The quantitative estimate of drug-likeness (QED) is 0.461. The standard InChI is InChI=1S/C21H21N5O4S/c1-13(22-19(28)14-6-4-3-5-7-14)18-24-25-21(26(18)2)31-12-17(27)23-16-10-8-15(9-11-16)20(29)30/h3-11,13H,12H2,1-2H3,(H,22,28)(H,23,27)(H,29,30)/t13-/m0/s1. The number of carboxylic acid groups (broad SMARTS) is 1. The number of carbonyl (C=O) groups excluding carboxylic acids is 2. The van der Waals surface area contributed by atoms with E-state index in [-0.39, 0.29) is 29.2 Å². The maximum Gasteiger partial charge on any atom is 0.335 e. The molecule has 31 heavy (non-hydrogen) atoms. The Morgan fingerprint density at radius 3 is 2.35 bits per heavy atom. The van der Waals surface area contributed by atoms with Gasteiger partial charge < -0.3 is 20.3 Å². The van der Waals surface area contributed by atoms with Crippen LogP contribution in [0.25, 0.3) is 0 Å². The summed E-state index contributed by atoms with van der Waals surface area (Å²) in [5, 5.41) is 23.3. The van der Waals surface area contributed by atoms with Gasteiger partial charge in [0.15, 0.2) is 11.0 Å². The van der Waals surface area contributed by atoms with Crippen LogP contribution >= 0.6 is 11.8 Å². The van der Waals surface area contributed by atoms with E-state index in [4.69, 9.17) is 5.11 Å². The van der Waals surface area contributed by atoms with E-state index in [1.54, 1.807) is 35.9 Å². The molecule has 3 N–H and O–H groups in total. The van der Waals surface area contributed by atoms with Crippen molar-refractivity contribution in [3.63, 3.8) is 0 Å². The average molecular weight is 439 g/mol. The Labute approximate surface area is 182 Å². The molecule has 2 amide bonds. The number of anilines is 1. The molecule has 3 aromatic rings. The van der Waals surface area contributed by atoms with Crippen molar-refractivity contribution in [1.29, 1.82) is 0 Å². The molecule has 10 heteroatoms. The van der Waals surface area contributed by atoms with Crippen LogP contribution in [0.4, 0.5) is 5.69 Å². The third kappa shape index (κ3) is 5.70. The minimum atomic E-state index is -1.03. The van der Waals surface area contributed by atoms with Gasteiger partial charge >= 0.3 is 5.97 Å². The third-order valence-corrected chi connectivity index (χ3v) is 5.41. The zero-order valence-electron chi connectivity index (χ0n) is 16.9. The molecule has 0 saturated carbocycles. The van der Waals surface area contributed by atoms with E-state index in [9.17, 15) is 14.4 Å². The molecule has 3 rings (SSSR count). The summed E-state index contributed by atoms with van der Waals surface area (Å²) in [5.41, 5.74) is 1.21. The fourth-order valence-electron chi connectivity index (χ4n) is 2.79. The predicted octanol–water partition coefficient (Wildman–Crippen LogP) is 2.74. The second kappa shape index (κ2) is 9.90. The number of amides is 2. The van der Waals surface area contributed by atoms with Gasteiger partial charge in [0.2, 0.25) is 5.91 Å². The minimum absolute atomic E-state index is 0.0947. The van der Waals surface area contributed by atoms with Gasteiger partial charge in [-0.2, -0.15) is 0 Å². The first-order valence-electron chi connectivity index (χ1n) is 9.36. The number of carboxylic acids is 1. The fourth-order valence-corrected chi connectivity index (χ4v) is 3.50. The number of hydrogen-bond donors (Lipinski definition) is 3. The highest BCUT2D eigenvalue weighted by molar-refractivity contribution is 7.99. The van der Waals surface area contributed by atoms with E-state index in [1.807, 2.05) is 13.0 Å². The molecule has 0 fully saturated rings. The smallest absolute Gasteiger partial charge is 0.335 e. The van der Waals surface area contributed by atoms with E-state index < -0.39 is 5.97 Å². The highest BCUT2D eigenvalue weighted by Gasteiger charge is 2.19. The molecule has 1 aromatic heterocycles. The van der Waals surface area contributed by atoms with Gasteiger partial charge in [-0.3, -0.25) is 9.59 Å². The molecule has 160 valence electrons. The topological polar surface area (TPSA) is 126 Å². The van der Waals surface area contributed by atoms with Crippen molar-refractivity contribution in [2.45, 2.75) is 18.1 Å². The molecule has 0 aliphatic heterocycles. The van der Waals surface area contributed by atoms with Crippen LogP contribution in [0.15, 0.2) is 59.8 Å². The zero-order valence-corrected chi connectivity index (χ0v) is 17.7. The Kier molecular flexibility index (Phi) is 7.03. The van der Waals surface area contributed by atoms with E-state index in [0.717, 1.165) is 0 Å². The normalized spacial score (nSPS) is 11.5. The maximum atomic E-state index is 12.3. The number of rotatable bonds is 8. The largest absolute Gasteiger partial charge is 0.478 e. The van der Waals surface area contributed by atoms with Crippen LogP contribution < -0.4 is 10.6 Å². The first-order valence-corrected chi connectivity index (χ1v) is 10.3. The molecule has 9 nitrogen and oxygen atoms in total. The number of aromatic nitrogens is 3. The minimum Gasteiger partial charge on any atom is -0.478 e. The lowest BCUT2D eigenvalue weighted by Gasteiger charge is -2.13. The van der Waals surface area contributed by atoms with Gasteiger partial charge in [-0.25, -0.2) is 4.79 Å². The van der Waals surface area contributed by atoms with Crippen LogP contribution in [0, 0.1) is 0 Å². The lowest BCUT2D eigenvalue weighted by Crippen LogP contribution is -2.28.